The molecule has 0 atom stereocenters. The summed E-state index contributed by atoms with van der Waals surface area (Å²) in [6.45, 7) is 2.06. The van der Waals surface area contributed by atoms with Gasteiger partial charge in [0.1, 0.15) is 28.7 Å². The molecule has 3 rings (SSSR count). The lowest BCUT2D eigenvalue weighted by atomic mass is 9.80. The first-order valence-electron chi connectivity index (χ1n) is 9.66. The van der Waals surface area contributed by atoms with Gasteiger partial charge in [-0.3, -0.25) is 0 Å². The predicted molar refractivity (Wildman–Crippen MR) is 118 cm³/mol. The molecule has 0 spiro atoms. The van der Waals surface area contributed by atoms with Crippen molar-refractivity contribution >= 4 is 0 Å². The van der Waals surface area contributed by atoms with Gasteiger partial charge in [0, 0.05) is 16.7 Å². The SMILES string of the molecule is COc1cccc(C)c1C(c1c(OC)cccc1OC)c1c(OC)cccc1OC. The Bertz CT molecular complexity index is 912. The minimum Gasteiger partial charge on any atom is -0.496 e. The molecule has 158 valence electrons. The quantitative estimate of drug-likeness (QED) is 0.478. The molecule has 3 aromatic rings. The van der Waals surface area contributed by atoms with Gasteiger partial charge in [-0.15, -0.1) is 0 Å². The lowest BCUT2D eigenvalue weighted by Crippen LogP contribution is -2.13. The second-order valence-corrected chi connectivity index (χ2v) is 6.78. The number of methoxy groups -OCH3 is 5. The van der Waals surface area contributed by atoms with Crippen molar-refractivity contribution < 1.29 is 23.7 Å². The van der Waals surface area contributed by atoms with Gasteiger partial charge >= 0.3 is 0 Å². The van der Waals surface area contributed by atoms with Crippen LogP contribution >= 0.6 is 0 Å². The summed E-state index contributed by atoms with van der Waals surface area (Å²) in [5.74, 6) is 3.27. The van der Waals surface area contributed by atoms with E-state index in [1.165, 1.54) is 0 Å². The van der Waals surface area contributed by atoms with Gasteiger partial charge in [0.15, 0.2) is 0 Å². The molecule has 5 heteroatoms. The third kappa shape index (κ3) is 3.75. The van der Waals surface area contributed by atoms with E-state index in [1.807, 2.05) is 48.5 Å². The van der Waals surface area contributed by atoms with Crippen LogP contribution in [-0.4, -0.2) is 35.5 Å². The molecule has 0 heterocycles. The van der Waals surface area contributed by atoms with Crippen molar-refractivity contribution in [2.24, 2.45) is 0 Å². The topological polar surface area (TPSA) is 46.2 Å². The molecule has 3 aromatic carbocycles. The highest BCUT2D eigenvalue weighted by Crippen LogP contribution is 2.51. The van der Waals surface area contributed by atoms with Crippen LogP contribution in [0.5, 0.6) is 28.7 Å². The smallest absolute Gasteiger partial charge is 0.126 e. The largest absolute Gasteiger partial charge is 0.496 e. The van der Waals surface area contributed by atoms with Crippen LogP contribution in [0, 0.1) is 6.92 Å². The van der Waals surface area contributed by atoms with Gasteiger partial charge in [0.25, 0.3) is 0 Å². The first-order chi connectivity index (χ1) is 14.6. The Hall–Kier alpha value is -3.34. The zero-order valence-corrected chi connectivity index (χ0v) is 18.3. The van der Waals surface area contributed by atoms with E-state index in [0.29, 0.717) is 23.0 Å². The molecule has 0 aliphatic rings. The first kappa shape index (κ1) is 21.4. The van der Waals surface area contributed by atoms with Crippen molar-refractivity contribution in [3.8, 4) is 28.7 Å². The zero-order chi connectivity index (χ0) is 21.7. The lowest BCUT2D eigenvalue weighted by Gasteiger charge is -2.28. The summed E-state index contributed by atoms with van der Waals surface area (Å²) >= 11 is 0. The maximum absolute atomic E-state index is 5.78. The van der Waals surface area contributed by atoms with Gasteiger partial charge in [0.05, 0.1) is 41.5 Å². The maximum atomic E-state index is 5.78. The molecular formula is C25H28O5. The molecule has 0 amide bonds. The van der Waals surface area contributed by atoms with Crippen LogP contribution in [-0.2, 0) is 0 Å². The highest BCUT2D eigenvalue weighted by Gasteiger charge is 2.33. The molecule has 0 aliphatic heterocycles. The summed E-state index contributed by atoms with van der Waals surface area (Å²) in [6, 6.07) is 17.5. The van der Waals surface area contributed by atoms with E-state index in [1.54, 1.807) is 35.5 Å². The van der Waals surface area contributed by atoms with E-state index >= 15 is 0 Å². The lowest BCUT2D eigenvalue weighted by molar-refractivity contribution is 0.370. The highest BCUT2D eigenvalue weighted by molar-refractivity contribution is 5.64. The van der Waals surface area contributed by atoms with E-state index in [4.69, 9.17) is 23.7 Å². The monoisotopic (exact) mass is 408 g/mol. The van der Waals surface area contributed by atoms with Gasteiger partial charge in [-0.1, -0.05) is 24.3 Å². The molecule has 0 N–H and O–H groups in total. The predicted octanol–water partition coefficient (Wildman–Crippen LogP) is 5.22. The van der Waals surface area contributed by atoms with Crippen molar-refractivity contribution in [1.82, 2.24) is 0 Å². The fourth-order valence-electron chi connectivity index (χ4n) is 3.96. The fourth-order valence-corrected chi connectivity index (χ4v) is 3.96. The Morgan fingerprint density at radius 2 is 0.767 bits per heavy atom. The van der Waals surface area contributed by atoms with Crippen molar-refractivity contribution in [1.29, 1.82) is 0 Å². The van der Waals surface area contributed by atoms with Crippen LogP contribution in [0.4, 0.5) is 0 Å². The molecule has 0 fully saturated rings. The minimum absolute atomic E-state index is 0.321. The number of rotatable bonds is 8. The van der Waals surface area contributed by atoms with Crippen LogP contribution in [0.15, 0.2) is 54.6 Å². The molecule has 5 nitrogen and oxygen atoms in total. The third-order valence-corrected chi connectivity index (χ3v) is 5.30. The van der Waals surface area contributed by atoms with Crippen molar-refractivity contribution in [3.05, 3.63) is 76.9 Å². The van der Waals surface area contributed by atoms with Crippen LogP contribution in [0.25, 0.3) is 0 Å². The summed E-state index contributed by atoms with van der Waals surface area (Å²) in [4.78, 5) is 0. The van der Waals surface area contributed by atoms with Crippen LogP contribution in [0.2, 0.25) is 0 Å². The Morgan fingerprint density at radius 3 is 1.10 bits per heavy atom. The molecule has 0 aliphatic carbocycles. The summed E-state index contributed by atoms with van der Waals surface area (Å²) in [5, 5.41) is 0. The van der Waals surface area contributed by atoms with Gasteiger partial charge in [-0.2, -0.15) is 0 Å². The highest BCUT2D eigenvalue weighted by atomic mass is 16.5. The molecule has 30 heavy (non-hydrogen) atoms. The molecular weight excluding hydrogens is 380 g/mol. The number of ether oxygens (including phenoxy) is 5. The molecule has 0 saturated heterocycles. The number of aryl methyl sites for hydroxylation is 1. The second-order valence-electron chi connectivity index (χ2n) is 6.78. The normalized spacial score (nSPS) is 10.6. The minimum atomic E-state index is -0.321. The molecule has 0 unspecified atom stereocenters. The van der Waals surface area contributed by atoms with E-state index in [9.17, 15) is 0 Å². The van der Waals surface area contributed by atoms with E-state index in [-0.39, 0.29) is 5.92 Å². The Morgan fingerprint density at radius 1 is 0.467 bits per heavy atom. The van der Waals surface area contributed by atoms with Crippen LogP contribution in [0.3, 0.4) is 0 Å². The van der Waals surface area contributed by atoms with Gasteiger partial charge in [0.2, 0.25) is 0 Å². The summed E-state index contributed by atoms with van der Waals surface area (Å²) in [7, 11) is 8.30. The van der Waals surface area contributed by atoms with Crippen molar-refractivity contribution in [3.63, 3.8) is 0 Å². The molecule has 0 saturated carbocycles. The van der Waals surface area contributed by atoms with E-state index < -0.39 is 0 Å². The first-order valence-corrected chi connectivity index (χ1v) is 9.66. The number of hydrogen-bond acceptors (Lipinski definition) is 5. The average Bonchev–Trinajstić information content (AvgIpc) is 2.79. The second kappa shape index (κ2) is 9.44. The Labute approximate surface area is 178 Å². The number of hydrogen-bond donors (Lipinski definition) is 0. The summed E-state index contributed by atoms with van der Waals surface area (Å²) < 4.78 is 28.9. The van der Waals surface area contributed by atoms with E-state index in [2.05, 4.69) is 13.0 Å². The Balaban J connectivity index is 2.49. The molecule has 0 radical (unpaired) electrons. The summed E-state index contributed by atoms with van der Waals surface area (Å²) in [5.41, 5.74) is 3.81. The average molecular weight is 408 g/mol. The van der Waals surface area contributed by atoms with Gasteiger partial charge in [-0.05, 0) is 42.8 Å². The standard InChI is InChI=1S/C25H28O5/c1-16-10-7-11-17(26-2)22(16)25(23-18(27-3)12-8-13-19(23)28-4)24-20(29-5)14-9-15-21(24)30-6/h7-15,25H,1-6H3. The van der Waals surface area contributed by atoms with Gasteiger partial charge in [-0.25, -0.2) is 0 Å². The molecule has 0 aromatic heterocycles. The Kier molecular flexibility index (Phi) is 6.72. The van der Waals surface area contributed by atoms with Crippen molar-refractivity contribution in [2.45, 2.75) is 12.8 Å². The van der Waals surface area contributed by atoms with Crippen LogP contribution in [0.1, 0.15) is 28.2 Å². The van der Waals surface area contributed by atoms with Gasteiger partial charge < -0.3 is 23.7 Å². The fraction of sp³-hybridized carbons (Fsp3) is 0.280. The maximum Gasteiger partial charge on any atom is 0.126 e. The number of benzene rings is 3. The van der Waals surface area contributed by atoms with E-state index in [0.717, 1.165) is 28.0 Å². The summed E-state index contributed by atoms with van der Waals surface area (Å²) in [6.07, 6.45) is 0. The molecule has 0 bridgehead atoms. The zero-order valence-electron chi connectivity index (χ0n) is 18.3. The van der Waals surface area contributed by atoms with Crippen LogP contribution < -0.4 is 23.7 Å². The third-order valence-electron chi connectivity index (χ3n) is 5.30. The van der Waals surface area contributed by atoms with Crippen molar-refractivity contribution in [2.75, 3.05) is 35.5 Å².